The Kier molecular flexibility index (Phi) is 7.17. The van der Waals surface area contributed by atoms with Crippen molar-refractivity contribution in [3.05, 3.63) is 107 Å². The number of carboxylic acid groups (broad SMARTS) is 2. The van der Waals surface area contributed by atoms with Crippen LogP contribution in [-0.4, -0.2) is 41.7 Å². The Labute approximate surface area is 185 Å². The van der Waals surface area contributed by atoms with Crippen LogP contribution in [0.4, 0.5) is 0 Å². The highest BCUT2D eigenvalue weighted by Crippen LogP contribution is 2.10. The van der Waals surface area contributed by atoms with Crippen molar-refractivity contribution in [2.24, 2.45) is 0 Å². The fourth-order valence-corrected chi connectivity index (χ4v) is 3.15. The van der Waals surface area contributed by atoms with Crippen LogP contribution in [0.5, 0.6) is 0 Å². The first-order chi connectivity index (χ1) is 15.3. The maximum atomic E-state index is 10.8. The molecule has 0 amide bonds. The molecule has 0 bridgehead atoms. The number of benzene rings is 2. The van der Waals surface area contributed by atoms with Gasteiger partial charge in [0.25, 0.3) is 0 Å². The van der Waals surface area contributed by atoms with Gasteiger partial charge in [0.1, 0.15) is 11.1 Å². The summed E-state index contributed by atoms with van der Waals surface area (Å²) >= 11 is 0. The fourth-order valence-electron chi connectivity index (χ4n) is 3.15. The zero-order chi connectivity index (χ0) is 23.1. The molecule has 2 aromatic carbocycles. The SMILES string of the molecule is Cc1c(C(=O)O)cnn1Cc1ccccc1.Cc1nn(Cc2ccccc2)cc1C(=O)O. The van der Waals surface area contributed by atoms with E-state index in [1.54, 1.807) is 29.4 Å². The van der Waals surface area contributed by atoms with Crippen LogP contribution in [0.25, 0.3) is 0 Å². The summed E-state index contributed by atoms with van der Waals surface area (Å²) in [5.74, 6) is -1.87. The van der Waals surface area contributed by atoms with Gasteiger partial charge in [-0.2, -0.15) is 10.2 Å². The van der Waals surface area contributed by atoms with E-state index in [1.807, 2.05) is 60.7 Å². The van der Waals surface area contributed by atoms with Crippen LogP contribution < -0.4 is 0 Å². The number of hydrogen-bond acceptors (Lipinski definition) is 4. The molecule has 2 aromatic heterocycles. The highest BCUT2D eigenvalue weighted by atomic mass is 16.4. The van der Waals surface area contributed by atoms with E-state index in [0.29, 0.717) is 24.5 Å². The van der Waals surface area contributed by atoms with Crippen molar-refractivity contribution in [3.8, 4) is 0 Å². The quantitative estimate of drug-likeness (QED) is 0.478. The normalized spacial score (nSPS) is 10.3. The van der Waals surface area contributed by atoms with Crippen LogP contribution in [0.2, 0.25) is 0 Å². The largest absolute Gasteiger partial charge is 0.478 e. The molecule has 2 heterocycles. The van der Waals surface area contributed by atoms with Crippen LogP contribution >= 0.6 is 0 Å². The second-order valence-electron chi connectivity index (χ2n) is 7.21. The molecule has 0 radical (unpaired) electrons. The van der Waals surface area contributed by atoms with Gasteiger partial charge >= 0.3 is 11.9 Å². The highest BCUT2D eigenvalue weighted by molar-refractivity contribution is 5.88. The molecule has 0 spiro atoms. The first-order valence-electron chi connectivity index (χ1n) is 9.96. The molecule has 0 aliphatic carbocycles. The fraction of sp³-hybridized carbons (Fsp3) is 0.167. The number of carbonyl (C=O) groups is 2. The first kappa shape index (κ1) is 22.5. The molecule has 8 heteroatoms. The van der Waals surface area contributed by atoms with Crippen LogP contribution in [-0.2, 0) is 13.1 Å². The monoisotopic (exact) mass is 432 g/mol. The molecule has 164 valence electrons. The van der Waals surface area contributed by atoms with Crippen molar-refractivity contribution in [3.63, 3.8) is 0 Å². The van der Waals surface area contributed by atoms with E-state index >= 15 is 0 Å². The molecule has 0 aliphatic heterocycles. The number of carboxylic acids is 2. The molecule has 0 atom stereocenters. The smallest absolute Gasteiger partial charge is 0.339 e. The Morgan fingerprint density at radius 2 is 1.34 bits per heavy atom. The van der Waals surface area contributed by atoms with Crippen molar-refractivity contribution < 1.29 is 19.8 Å². The van der Waals surface area contributed by atoms with E-state index < -0.39 is 11.9 Å². The van der Waals surface area contributed by atoms with Crippen molar-refractivity contribution in [2.75, 3.05) is 0 Å². The Bertz CT molecular complexity index is 1190. The molecular formula is C24H24N4O4. The maximum absolute atomic E-state index is 10.8. The van der Waals surface area contributed by atoms with Crippen LogP contribution in [0.15, 0.2) is 73.1 Å². The molecule has 0 unspecified atom stereocenters. The molecular weight excluding hydrogens is 408 g/mol. The van der Waals surface area contributed by atoms with Gasteiger partial charge in [-0.15, -0.1) is 0 Å². The average Bonchev–Trinajstić information content (AvgIpc) is 3.32. The van der Waals surface area contributed by atoms with Gasteiger partial charge in [-0.05, 0) is 25.0 Å². The highest BCUT2D eigenvalue weighted by Gasteiger charge is 2.13. The second kappa shape index (κ2) is 10.2. The summed E-state index contributed by atoms with van der Waals surface area (Å²) < 4.78 is 3.34. The van der Waals surface area contributed by atoms with Crippen molar-refractivity contribution in [1.29, 1.82) is 0 Å². The van der Waals surface area contributed by atoms with Crippen LogP contribution in [0.1, 0.15) is 43.2 Å². The predicted molar refractivity (Wildman–Crippen MR) is 119 cm³/mol. The lowest BCUT2D eigenvalue weighted by atomic mass is 10.2. The Balaban J connectivity index is 0.000000181. The topological polar surface area (TPSA) is 110 Å². The molecule has 8 nitrogen and oxygen atoms in total. The predicted octanol–water partition coefficient (Wildman–Crippen LogP) is 3.88. The second-order valence-corrected chi connectivity index (χ2v) is 7.21. The lowest BCUT2D eigenvalue weighted by molar-refractivity contribution is 0.0685. The zero-order valence-corrected chi connectivity index (χ0v) is 17.8. The number of aromatic nitrogens is 4. The summed E-state index contributed by atoms with van der Waals surface area (Å²) in [6.07, 6.45) is 2.95. The first-order valence-corrected chi connectivity index (χ1v) is 9.96. The van der Waals surface area contributed by atoms with E-state index in [-0.39, 0.29) is 11.1 Å². The summed E-state index contributed by atoms with van der Waals surface area (Å²) in [4.78, 5) is 21.7. The standard InChI is InChI=1S/2C12H12N2O2/c1-9-11(12(15)16)7-13-14(9)8-10-5-3-2-4-6-10;1-9-11(12(15)16)8-14(13-9)7-10-5-3-2-4-6-10/h2-7H,8H2,1H3,(H,15,16);2-6,8H,7H2,1H3,(H,15,16). The molecule has 0 fully saturated rings. The molecule has 4 aromatic rings. The van der Waals surface area contributed by atoms with E-state index in [9.17, 15) is 9.59 Å². The Morgan fingerprint density at radius 3 is 1.81 bits per heavy atom. The molecule has 2 N–H and O–H groups in total. The van der Waals surface area contributed by atoms with Crippen LogP contribution in [0.3, 0.4) is 0 Å². The third-order valence-electron chi connectivity index (χ3n) is 4.87. The van der Waals surface area contributed by atoms with Gasteiger partial charge in [0.05, 0.1) is 30.7 Å². The molecule has 0 saturated carbocycles. The minimum Gasteiger partial charge on any atom is -0.478 e. The van der Waals surface area contributed by atoms with E-state index in [0.717, 1.165) is 11.1 Å². The average molecular weight is 432 g/mol. The lowest BCUT2D eigenvalue weighted by Crippen LogP contribution is -2.05. The number of hydrogen-bond donors (Lipinski definition) is 2. The Hall–Kier alpha value is -4.20. The zero-order valence-electron chi connectivity index (χ0n) is 17.8. The van der Waals surface area contributed by atoms with Gasteiger partial charge in [0, 0.05) is 6.20 Å². The summed E-state index contributed by atoms with van der Waals surface area (Å²) in [6.45, 7) is 4.65. The molecule has 32 heavy (non-hydrogen) atoms. The van der Waals surface area contributed by atoms with E-state index in [2.05, 4.69) is 10.2 Å². The maximum Gasteiger partial charge on any atom is 0.339 e. The third-order valence-corrected chi connectivity index (χ3v) is 4.87. The van der Waals surface area contributed by atoms with Crippen molar-refractivity contribution in [2.45, 2.75) is 26.9 Å². The van der Waals surface area contributed by atoms with Gasteiger partial charge in [0.15, 0.2) is 0 Å². The summed E-state index contributed by atoms with van der Waals surface area (Å²) in [5.41, 5.74) is 3.94. The number of rotatable bonds is 6. The van der Waals surface area contributed by atoms with Gasteiger partial charge in [-0.3, -0.25) is 9.36 Å². The van der Waals surface area contributed by atoms with Crippen LogP contribution in [0, 0.1) is 13.8 Å². The van der Waals surface area contributed by atoms with Crippen molar-refractivity contribution >= 4 is 11.9 Å². The molecule has 0 saturated heterocycles. The molecule has 4 rings (SSSR count). The van der Waals surface area contributed by atoms with Crippen molar-refractivity contribution in [1.82, 2.24) is 19.6 Å². The summed E-state index contributed by atoms with van der Waals surface area (Å²) in [6, 6.07) is 19.6. The summed E-state index contributed by atoms with van der Waals surface area (Å²) in [5, 5.41) is 26.0. The number of nitrogens with zero attached hydrogens (tertiary/aromatic N) is 4. The Morgan fingerprint density at radius 1 is 0.812 bits per heavy atom. The lowest BCUT2D eigenvalue weighted by Gasteiger charge is -2.04. The number of aryl methyl sites for hydroxylation is 1. The van der Waals surface area contributed by atoms with E-state index in [1.165, 1.54) is 6.20 Å². The minimum atomic E-state index is -0.934. The van der Waals surface area contributed by atoms with Gasteiger partial charge in [0.2, 0.25) is 0 Å². The summed E-state index contributed by atoms with van der Waals surface area (Å²) in [7, 11) is 0. The van der Waals surface area contributed by atoms with Gasteiger partial charge in [-0.25, -0.2) is 9.59 Å². The minimum absolute atomic E-state index is 0.260. The molecule has 0 aliphatic rings. The van der Waals surface area contributed by atoms with Gasteiger partial charge in [-0.1, -0.05) is 60.7 Å². The third kappa shape index (κ3) is 5.69. The van der Waals surface area contributed by atoms with Gasteiger partial charge < -0.3 is 10.2 Å². The van der Waals surface area contributed by atoms with E-state index in [4.69, 9.17) is 10.2 Å². The number of aromatic carboxylic acids is 2.